The molecule has 1 aromatic rings. The van der Waals surface area contributed by atoms with Gasteiger partial charge in [0.15, 0.2) is 11.1 Å². The van der Waals surface area contributed by atoms with Crippen molar-refractivity contribution < 1.29 is 8.42 Å². The number of aromatic nitrogens is 1. The molecule has 14 heteroatoms. The number of nitrogens with one attached hydrogen (secondary N) is 4. The van der Waals surface area contributed by atoms with Gasteiger partial charge in [0.1, 0.15) is 0 Å². The molecule has 0 bridgehead atoms. The van der Waals surface area contributed by atoms with Crippen LogP contribution in [-0.2, 0) is 16.0 Å². The Balaban J connectivity index is 1.84. The molecule has 1 aromatic heterocycles. The molecule has 2 rings (SSSR count). The lowest BCUT2D eigenvalue weighted by Gasteiger charge is -2.29. The number of rotatable bonds is 6. The van der Waals surface area contributed by atoms with E-state index >= 15 is 0 Å². The Hall–Kier alpha value is -2.06. The van der Waals surface area contributed by atoms with Crippen molar-refractivity contribution in [2.45, 2.75) is 32.1 Å². The first-order valence-corrected chi connectivity index (χ1v) is 11.7. The topological polar surface area (TPSA) is 161 Å². The number of thioether (sulfide) groups is 1. The van der Waals surface area contributed by atoms with Crippen LogP contribution in [0.25, 0.3) is 0 Å². The molecular formula is C14H25N9O2S3. The zero-order chi connectivity index (χ0) is 20.9. The molecule has 0 saturated carbocycles. The number of anilines is 1. The van der Waals surface area contributed by atoms with Gasteiger partial charge in [-0.1, -0.05) is 0 Å². The first-order valence-electron chi connectivity index (χ1n) is 8.29. The van der Waals surface area contributed by atoms with Gasteiger partial charge in [0.25, 0.3) is 0 Å². The minimum absolute atomic E-state index is 0.0621. The molecule has 0 radical (unpaired) electrons. The van der Waals surface area contributed by atoms with Crippen molar-refractivity contribution in [3.63, 3.8) is 0 Å². The second kappa shape index (κ2) is 8.96. The Labute approximate surface area is 173 Å². The van der Waals surface area contributed by atoms with Crippen LogP contribution < -0.4 is 21.7 Å². The monoisotopic (exact) mass is 447 g/mol. The number of hydrogen-bond acceptors (Lipinski definition) is 9. The van der Waals surface area contributed by atoms with Crippen LogP contribution in [0.15, 0.2) is 14.8 Å². The van der Waals surface area contributed by atoms with Gasteiger partial charge in [0, 0.05) is 36.0 Å². The number of nitrogens with two attached hydrogens (primary N) is 1. The minimum Gasteiger partial charge on any atom is -0.370 e. The van der Waals surface area contributed by atoms with Crippen LogP contribution in [0.1, 0.15) is 26.5 Å². The molecule has 0 aromatic carbocycles. The quantitative estimate of drug-likeness (QED) is 0.240. The lowest BCUT2D eigenvalue weighted by atomic mass is 10.1. The normalized spacial score (nSPS) is 16.2. The van der Waals surface area contributed by atoms with Crippen LogP contribution in [0.3, 0.4) is 0 Å². The fourth-order valence-corrected chi connectivity index (χ4v) is 4.27. The summed E-state index contributed by atoms with van der Waals surface area (Å²) in [7, 11) is -2.40. The van der Waals surface area contributed by atoms with Crippen LogP contribution >= 0.6 is 23.1 Å². The van der Waals surface area contributed by atoms with E-state index in [0.717, 1.165) is 10.00 Å². The second-order valence-corrected chi connectivity index (χ2v) is 10.4. The van der Waals surface area contributed by atoms with Crippen molar-refractivity contribution in [1.29, 1.82) is 5.41 Å². The zero-order valence-electron chi connectivity index (χ0n) is 16.1. The second-order valence-electron chi connectivity index (χ2n) is 6.83. The van der Waals surface area contributed by atoms with Crippen molar-refractivity contribution >= 4 is 56.3 Å². The summed E-state index contributed by atoms with van der Waals surface area (Å²) < 4.78 is 29.1. The summed E-state index contributed by atoms with van der Waals surface area (Å²) in [4.78, 5) is 8.58. The third kappa shape index (κ3) is 6.83. The zero-order valence-corrected chi connectivity index (χ0v) is 18.6. The van der Waals surface area contributed by atoms with Crippen LogP contribution in [0.5, 0.6) is 0 Å². The number of aliphatic imine (C=N–C) groups is 1. The lowest BCUT2D eigenvalue weighted by Crippen LogP contribution is -2.52. The highest BCUT2D eigenvalue weighted by Crippen LogP contribution is 2.19. The van der Waals surface area contributed by atoms with Crippen LogP contribution in [-0.4, -0.2) is 60.5 Å². The fourth-order valence-electron chi connectivity index (χ4n) is 1.94. The number of guanidine groups is 3. The molecule has 28 heavy (non-hydrogen) atoms. The van der Waals surface area contributed by atoms with Crippen molar-refractivity contribution in [2.75, 3.05) is 24.7 Å². The molecule has 1 aliphatic heterocycles. The summed E-state index contributed by atoms with van der Waals surface area (Å²) in [5.41, 5.74) is 5.81. The van der Waals surface area contributed by atoms with Gasteiger partial charge in [0.05, 0.1) is 5.69 Å². The van der Waals surface area contributed by atoms with E-state index in [1.807, 2.05) is 26.2 Å². The Kier molecular flexibility index (Phi) is 7.11. The fraction of sp³-hybridized carbons (Fsp3) is 0.571. The lowest BCUT2D eigenvalue weighted by molar-refractivity contribution is 0.479. The smallest absolute Gasteiger partial charge is 0.350 e. The third-order valence-electron chi connectivity index (χ3n) is 3.12. The maximum absolute atomic E-state index is 12.2. The molecule has 0 aliphatic carbocycles. The Morgan fingerprint density at radius 2 is 2.14 bits per heavy atom. The van der Waals surface area contributed by atoms with E-state index < -0.39 is 10.2 Å². The predicted octanol–water partition coefficient (Wildman–Crippen LogP) is 0.562. The minimum atomic E-state index is -3.81. The van der Waals surface area contributed by atoms with Crippen molar-refractivity contribution in [2.24, 2.45) is 15.1 Å². The summed E-state index contributed by atoms with van der Waals surface area (Å²) in [5.74, 6) is 1.54. The Bertz CT molecular complexity index is 871. The molecule has 2 heterocycles. The van der Waals surface area contributed by atoms with Gasteiger partial charge in [-0.15, -0.1) is 15.7 Å². The maximum Gasteiger partial charge on any atom is 0.350 e. The van der Waals surface area contributed by atoms with Crippen molar-refractivity contribution in [3.05, 3.63) is 11.1 Å². The molecule has 0 atom stereocenters. The van der Waals surface area contributed by atoms with E-state index in [1.165, 1.54) is 18.4 Å². The van der Waals surface area contributed by atoms with E-state index in [2.05, 4.69) is 30.3 Å². The highest BCUT2D eigenvalue weighted by Gasteiger charge is 2.29. The molecular weight excluding hydrogens is 422 g/mol. The molecule has 0 fully saturated rings. The number of thiazole rings is 1. The summed E-state index contributed by atoms with van der Waals surface area (Å²) in [6, 6.07) is 0. The Morgan fingerprint density at radius 1 is 1.43 bits per heavy atom. The van der Waals surface area contributed by atoms with E-state index in [-0.39, 0.29) is 23.4 Å². The van der Waals surface area contributed by atoms with E-state index in [9.17, 15) is 8.42 Å². The first kappa shape index (κ1) is 22.2. The Morgan fingerprint density at radius 3 is 2.79 bits per heavy atom. The number of hydrogen-bond donors (Lipinski definition) is 5. The highest BCUT2D eigenvalue weighted by molar-refractivity contribution is 7.98. The van der Waals surface area contributed by atoms with Gasteiger partial charge in [0.2, 0.25) is 11.9 Å². The average Bonchev–Trinajstić information content (AvgIpc) is 2.96. The van der Waals surface area contributed by atoms with Crippen LogP contribution in [0.4, 0.5) is 5.13 Å². The summed E-state index contributed by atoms with van der Waals surface area (Å²) in [6.07, 6.45) is 0. The summed E-state index contributed by atoms with van der Waals surface area (Å²) in [6.45, 7) is 6.25. The van der Waals surface area contributed by atoms with E-state index in [0.29, 0.717) is 23.2 Å². The first-order chi connectivity index (χ1) is 13.0. The van der Waals surface area contributed by atoms with Gasteiger partial charge in [-0.2, -0.15) is 25.2 Å². The predicted molar refractivity (Wildman–Crippen MR) is 116 cm³/mol. The van der Waals surface area contributed by atoms with Crippen molar-refractivity contribution in [3.8, 4) is 0 Å². The largest absolute Gasteiger partial charge is 0.370 e. The van der Waals surface area contributed by atoms with Crippen LogP contribution in [0, 0.1) is 5.41 Å². The van der Waals surface area contributed by atoms with Crippen LogP contribution in [0.2, 0.25) is 0 Å². The van der Waals surface area contributed by atoms with E-state index in [4.69, 9.17) is 11.1 Å². The van der Waals surface area contributed by atoms with E-state index in [1.54, 1.807) is 11.8 Å². The molecule has 0 amide bonds. The van der Waals surface area contributed by atoms with Gasteiger partial charge in [-0.05, 0) is 20.8 Å². The standard InChI is InChI=1S/C14H25N9O2S3/c1-14(2,3)21-12-20-11(22-28(24,25)23(12)4)17-5-6-26-7-9-8-27-13(18-9)19-10(15)16/h8H,5-7H2,1-4H3,(H4,15,16,18,19)(H2,17,20,21,22). The van der Waals surface area contributed by atoms with Gasteiger partial charge in [-0.25, -0.2) is 9.29 Å². The van der Waals surface area contributed by atoms with Gasteiger partial charge in [-0.3, -0.25) is 5.41 Å². The highest BCUT2D eigenvalue weighted by atomic mass is 32.2. The maximum atomic E-state index is 12.2. The summed E-state index contributed by atoms with van der Waals surface area (Å²) in [5, 5.41) is 18.3. The average molecular weight is 448 g/mol. The van der Waals surface area contributed by atoms with Crippen molar-refractivity contribution in [1.82, 2.24) is 19.9 Å². The van der Waals surface area contributed by atoms with Gasteiger partial charge < -0.3 is 21.7 Å². The molecule has 0 spiro atoms. The molecule has 6 N–H and O–H groups in total. The molecule has 11 nitrogen and oxygen atoms in total. The molecule has 1 aliphatic rings. The molecule has 0 saturated heterocycles. The SMILES string of the molecule is CN1C(NC(C)(C)C)=NC(NCCSCc2csc(NC(=N)N)n2)=NS1(=O)=O. The summed E-state index contributed by atoms with van der Waals surface area (Å²) >= 11 is 3.01. The molecule has 156 valence electrons. The third-order valence-corrected chi connectivity index (χ3v) is 6.19. The van der Waals surface area contributed by atoms with Gasteiger partial charge >= 0.3 is 10.2 Å². The number of nitrogens with zero attached hydrogens (tertiary/aromatic N) is 4. The molecule has 0 unspecified atom stereocenters.